The summed E-state index contributed by atoms with van der Waals surface area (Å²) in [7, 11) is -3.75. The van der Waals surface area contributed by atoms with Crippen LogP contribution in [-0.2, 0) is 14.8 Å². The number of anilines is 3. The summed E-state index contributed by atoms with van der Waals surface area (Å²) < 4.78 is 27.9. The zero-order valence-corrected chi connectivity index (χ0v) is 16.6. The van der Waals surface area contributed by atoms with E-state index in [9.17, 15) is 13.2 Å². The van der Waals surface area contributed by atoms with Gasteiger partial charge in [0.05, 0.1) is 22.0 Å². The molecule has 3 aromatic carbocycles. The highest BCUT2D eigenvalue weighted by Crippen LogP contribution is 2.22. The molecule has 4 N–H and O–H groups in total. The molecule has 0 heterocycles. The topological polar surface area (TPSA) is 101 Å². The highest BCUT2D eigenvalue weighted by molar-refractivity contribution is 7.92. The molecule has 29 heavy (non-hydrogen) atoms. The van der Waals surface area contributed by atoms with Crippen LogP contribution < -0.4 is 15.8 Å². The second kappa shape index (κ2) is 8.62. The quantitative estimate of drug-likeness (QED) is 0.424. The van der Waals surface area contributed by atoms with Crippen LogP contribution in [0.1, 0.15) is 11.1 Å². The number of hydrogen-bond donors (Lipinski definition) is 3. The third kappa shape index (κ3) is 5.24. The molecule has 0 unspecified atom stereocenters. The fraction of sp³-hybridized carbons (Fsp3) is 0.0455. The lowest BCUT2D eigenvalue weighted by molar-refractivity contribution is -0.111. The summed E-state index contributed by atoms with van der Waals surface area (Å²) in [4.78, 5) is 12.4. The van der Waals surface area contributed by atoms with E-state index in [4.69, 9.17) is 5.73 Å². The van der Waals surface area contributed by atoms with Crippen LogP contribution in [0, 0.1) is 6.92 Å². The number of nitrogens with one attached hydrogen (secondary N) is 2. The number of amides is 1. The van der Waals surface area contributed by atoms with Gasteiger partial charge in [-0.2, -0.15) is 0 Å². The zero-order chi connectivity index (χ0) is 20.9. The zero-order valence-electron chi connectivity index (χ0n) is 15.8. The number of nitrogens with two attached hydrogens (primary N) is 1. The first-order valence-electron chi connectivity index (χ1n) is 8.87. The molecule has 0 spiro atoms. The Kier molecular flexibility index (Phi) is 5.99. The molecule has 6 nitrogen and oxygen atoms in total. The van der Waals surface area contributed by atoms with Crippen molar-refractivity contribution in [2.24, 2.45) is 0 Å². The Morgan fingerprint density at radius 3 is 2.21 bits per heavy atom. The Morgan fingerprint density at radius 2 is 1.52 bits per heavy atom. The van der Waals surface area contributed by atoms with Gasteiger partial charge >= 0.3 is 0 Å². The summed E-state index contributed by atoms with van der Waals surface area (Å²) in [5.41, 5.74) is 8.68. The lowest BCUT2D eigenvalue weighted by Gasteiger charge is -2.11. The molecule has 0 saturated carbocycles. The van der Waals surface area contributed by atoms with E-state index in [0.717, 1.165) is 5.56 Å². The number of aryl methyl sites for hydroxylation is 1. The van der Waals surface area contributed by atoms with Crippen molar-refractivity contribution in [3.05, 3.63) is 90.0 Å². The van der Waals surface area contributed by atoms with Gasteiger partial charge in [-0.25, -0.2) is 8.42 Å². The van der Waals surface area contributed by atoms with Crippen molar-refractivity contribution in [1.29, 1.82) is 0 Å². The van der Waals surface area contributed by atoms with Gasteiger partial charge in [0, 0.05) is 6.08 Å². The molecule has 0 atom stereocenters. The number of benzene rings is 3. The van der Waals surface area contributed by atoms with E-state index in [2.05, 4.69) is 10.0 Å². The number of nitrogen functional groups attached to an aromatic ring is 1. The smallest absolute Gasteiger partial charge is 0.261 e. The van der Waals surface area contributed by atoms with E-state index < -0.39 is 10.0 Å². The maximum Gasteiger partial charge on any atom is 0.261 e. The van der Waals surface area contributed by atoms with Gasteiger partial charge in [0.15, 0.2) is 0 Å². The Bertz CT molecular complexity index is 1150. The van der Waals surface area contributed by atoms with Crippen LogP contribution in [0.2, 0.25) is 0 Å². The molecule has 7 heteroatoms. The minimum Gasteiger partial charge on any atom is -0.397 e. The Balaban J connectivity index is 1.78. The van der Waals surface area contributed by atoms with Crippen LogP contribution >= 0.6 is 0 Å². The lowest BCUT2D eigenvalue weighted by atomic mass is 10.1. The molecule has 0 aliphatic heterocycles. The minimum atomic E-state index is -3.75. The fourth-order valence-corrected chi connectivity index (χ4v) is 3.69. The van der Waals surface area contributed by atoms with Gasteiger partial charge in [-0.1, -0.05) is 48.0 Å². The van der Waals surface area contributed by atoms with Crippen LogP contribution in [0.3, 0.4) is 0 Å². The molecule has 1 amide bonds. The molecular formula is C22H21N3O3S. The molecule has 0 aromatic heterocycles. The SMILES string of the molecule is Cc1ccc(S(=O)(=O)Nc2ccccc2C=CC(=O)Nc2ccccc2N)cc1. The van der Waals surface area contributed by atoms with E-state index in [1.165, 1.54) is 6.08 Å². The molecule has 3 aromatic rings. The summed E-state index contributed by atoms with van der Waals surface area (Å²) >= 11 is 0. The van der Waals surface area contributed by atoms with E-state index >= 15 is 0 Å². The molecule has 0 fully saturated rings. The molecule has 0 aliphatic rings. The van der Waals surface area contributed by atoms with Crippen molar-refractivity contribution in [1.82, 2.24) is 0 Å². The van der Waals surface area contributed by atoms with Gasteiger partial charge in [-0.05, 0) is 48.9 Å². The van der Waals surface area contributed by atoms with Crippen LogP contribution in [-0.4, -0.2) is 14.3 Å². The van der Waals surface area contributed by atoms with Crippen molar-refractivity contribution in [3.8, 4) is 0 Å². The number of carbonyl (C=O) groups excluding carboxylic acids is 1. The molecule has 0 saturated heterocycles. The fourth-order valence-electron chi connectivity index (χ4n) is 2.61. The lowest BCUT2D eigenvalue weighted by Crippen LogP contribution is -2.13. The third-order valence-electron chi connectivity index (χ3n) is 4.17. The van der Waals surface area contributed by atoms with E-state index in [1.807, 2.05) is 6.92 Å². The van der Waals surface area contributed by atoms with E-state index in [0.29, 0.717) is 22.6 Å². The van der Waals surface area contributed by atoms with Crippen LogP contribution in [0.15, 0.2) is 83.8 Å². The predicted molar refractivity (Wildman–Crippen MR) is 117 cm³/mol. The largest absolute Gasteiger partial charge is 0.397 e. The van der Waals surface area contributed by atoms with Crippen molar-refractivity contribution >= 4 is 39.1 Å². The molecule has 0 aliphatic carbocycles. The number of para-hydroxylation sites is 3. The van der Waals surface area contributed by atoms with Gasteiger partial charge in [0.1, 0.15) is 0 Å². The Hall–Kier alpha value is -3.58. The first-order valence-corrected chi connectivity index (χ1v) is 10.4. The standard InChI is InChI=1S/C22H21N3O3S/c1-16-10-13-18(14-11-16)29(27,28)25-20-8-4-2-6-17(20)12-15-22(26)24-21-9-5-3-7-19(21)23/h2-15,25H,23H2,1H3,(H,24,26). The summed E-state index contributed by atoms with van der Waals surface area (Å²) in [6, 6.07) is 20.3. The van der Waals surface area contributed by atoms with Crippen molar-refractivity contribution < 1.29 is 13.2 Å². The van der Waals surface area contributed by atoms with Gasteiger partial charge in [0.25, 0.3) is 10.0 Å². The van der Waals surface area contributed by atoms with Crippen LogP contribution in [0.5, 0.6) is 0 Å². The van der Waals surface area contributed by atoms with Crippen molar-refractivity contribution in [2.75, 3.05) is 15.8 Å². The summed E-state index contributed by atoms with van der Waals surface area (Å²) in [6.45, 7) is 1.89. The molecule has 148 valence electrons. The van der Waals surface area contributed by atoms with Crippen LogP contribution in [0.25, 0.3) is 6.08 Å². The van der Waals surface area contributed by atoms with Gasteiger partial charge in [0.2, 0.25) is 5.91 Å². The van der Waals surface area contributed by atoms with Crippen molar-refractivity contribution in [2.45, 2.75) is 11.8 Å². The van der Waals surface area contributed by atoms with Gasteiger partial charge in [-0.3, -0.25) is 9.52 Å². The van der Waals surface area contributed by atoms with Gasteiger partial charge < -0.3 is 11.1 Å². The maximum atomic E-state index is 12.7. The Morgan fingerprint density at radius 1 is 0.897 bits per heavy atom. The first-order chi connectivity index (χ1) is 13.8. The average molecular weight is 407 g/mol. The van der Waals surface area contributed by atoms with E-state index in [-0.39, 0.29) is 10.8 Å². The monoisotopic (exact) mass is 407 g/mol. The number of rotatable bonds is 6. The first kappa shape index (κ1) is 20.2. The Labute approximate surface area is 170 Å². The van der Waals surface area contributed by atoms with Crippen molar-refractivity contribution in [3.63, 3.8) is 0 Å². The highest BCUT2D eigenvalue weighted by atomic mass is 32.2. The van der Waals surface area contributed by atoms with E-state index in [1.54, 1.807) is 78.9 Å². The minimum absolute atomic E-state index is 0.166. The highest BCUT2D eigenvalue weighted by Gasteiger charge is 2.15. The average Bonchev–Trinajstić information content (AvgIpc) is 2.69. The molecule has 0 radical (unpaired) electrons. The molecule has 0 bridgehead atoms. The maximum absolute atomic E-state index is 12.7. The summed E-state index contributed by atoms with van der Waals surface area (Å²) in [5.74, 6) is -0.376. The summed E-state index contributed by atoms with van der Waals surface area (Å²) in [5, 5.41) is 2.69. The second-order valence-electron chi connectivity index (χ2n) is 6.42. The number of sulfonamides is 1. The second-order valence-corrected chi connectivity index (χ2v) is 8.10. The predicted octanol–water partition coefficient (Wildman–Crippen LogP) is 4.03. The third-order valence-corrected chi connectivity index (χ3v) is 5.55. The van der Waals surface area contributed by atoms with Crippen LogP contribution in [0.4, 0.5) is 17.1 Å². The van der Waals surface area contributed by atoms with Gasteiger partial charge in [-0.15, -0.1) is 0 Å². The summed E-state index contributed by atoms with van der Waals surface area (Å²) in [6.07, 6.45) is 2.87. The molecule has 3 rings (SSSR count). The number of hydrogen-bond acceptors (Lipinski definition) is 4. The number of carbonyl (C=O) groups is 1. The normalized spacial score (nSPS) is 11.3. The molecular weight excluding hydrogens is 386 g/mol.